The maximum absolute atomic E-state index is 11.1. The first-order valence-corrected chi connectivity index (χ1v) is 6.66. The van der Waals surface area contributed by atoms with Crippen molar-refractivity contribution in [3.63, 3.8) is 0 Å². The number of halogens is 1. The number of benzene rings is 1. The summed E-state index contributed by atoms with van der Waals surface area (Å²) in [6.45, 7) is 3.41. The van der Waals surface area contributed by atoms with E-state index in [2.05, 4.69) is 20.3 Å². The molecule has 1 amide bonds. The van der Waals surface area contributed by atoms with Crippen molar-refractivity contribution in [1.82, 2.24) is 19.5 Å². The molecule has 0 spiro atoms. The summed E-state index contributed by atoms with van der Waals surface area (Å²) in [6.07, 6.45) is 3.06. The molecule has 1 aromatic carbocycles. The van der Waals surface area contributed by atoms with E-state index >= 15 is 0 Å². The molecule has 0 bridgehead atoms. The number of nitrogens with zero attached hydrogens (tertiary/aromatic N) is 4. The number of hydrogen-bond donors (Lipinski definition) is 1. The van der Waals surface area contributed by atoms with Crippen LogP contribution in [-0.2, 0) is 4.79 Å². The summed E-state index contributed by atoms with van der Waals surface area (Å²) in [4.78, 5) is 23.5. The smallest absolute Gasteiger partial charge is 0.221 e. The van der Waals surface area contributed by atoms with E-state index in [1.165, 1.54) is 13.3 Å². The quantitative estimate of drug-likeness (QED) is 0.739. The van der Waals surface area contributed by atoms with Crippen LogP contribution in [-0.4, -0.2) is 25.4 Å². The molecule has 1 N–H and O–H groups in total. The highest BCUT2D eigenvalue weighted by Crippen LogP contribution is 2.23. The second kappa shape index (κ2) is 5.14. The molecular weight excluding hydrogens is 290 g/mol. The molecule has 2 heterocycles. The monoisotopic (exact) mass is 301 g/mol. The molecule has 0 saturated heterocycles. The summed E-state index contributed by atoms with van der Waals surface area (Å²) in [5, 5.41) is 3.11. The van der Waals surface area contributed by atoms with Crippen LogP contribution >= 0.6 is 11.6 Å². The third-order valence-electron chi connectivity index (χ3n) is 3.09. The van der Waals surface area contributed by atoms with Crippen LogP contribution in [0.15, 0.2) is 30.9 Å². The number of rotatable bonds is 2. The summed E-state index contributed by atoms with van der Waals surface area (Å²) in [5.41, 5.74) is 3.82. The highest BCUT2D eigenvalue weighted by Gasteiger charge is 2.10. The van der Waals surface area contributed by atoms with Crippen molar-refractivity contribution >= 4 is 34.4 Å². The van der Waals surface area contributed by atoms with Crippen molar-refractivity contribution < 1.29 is 4.79 Å². The fraction of sp³-hybridized carbons (Fsp3) is 0.143. The number of carbonyl (C=O) groups excluding carboxylic acids is 1. The molecule has 3 aromatic rings. The first kappa shape index (κ1) is 13.5. The van der Waals surface area contributed by atoms with Gasteiger partial charge in [-0.05, 0) is 30.7 Å². The van der Waals surface area contributed by atoms with Gasteiger partial charge < -0.3 is 5.32 Å². The molecule has 0 saturated carbocycles. The number of anilines is 1. The molecule has 3 rings (SSSR count). The molecular formula is C14H12ClN5O. The minimum absolute atomic E-state index is 0.0987. The van der Waals surface area contributed by atoms with Crippen LogP contribution in [0.2, 0.25) is 5.15 Å². The molecule has 0 fully saturated rings. The Morgan fingerprint density at radius 1 is 1.29 bits per heavy atom. The van der Waals surface area contributed by atoms with Gasteiger partial charge in [-0.2, -0.15) is 0 Å². The van der Waals surface area contributed by atoms with E-state index in [4.69, 9.17) is 11.6 Å². The number of carbonyl (C=O) groups is 1. The Bertz CT molecular complexity index is 842. The molecule has 2 aromatic heterocycles. The van der Waals surface area contributed by atoms with E-state index < -0.39 is 0 Å². The van der Waals surface area contributed by atoms with Gasteiger partial charge in [-0.3, -0.25) is 9.36 Å². The third kappa shape index (κ3) is 2.45. The highest BCUT2D eigenvalue weighted by atomic mass is 35.5. The van der Waals surface area contributed by atoms with Gasteiger partial charge in [0.1, 0.15) is 18.2 Å². The van der Waals surface area contributed by atoms with Gasteiger partial charge in [0.15, 0.2) is 10.8 Å². The van der Waals surface area contributed by atoms with E-state index in [1.54, 1.807) is 6.33 Å². The van der Waals surface area contributed by atoms with E-state index in [9.17, 15) is 4.79 Å². The molecule has 0 radical (unpaired) electrons. The predicted molar refractivity (Wildman–Crippen MR) is 80.7 cm³/mol. The van der Waals surface area contributed by atoms with Crippen molar-refractivity contribution in [3.05, 3.63) is 41.6 Å². The van der Waals surface area contributed by atoms with Crippen LogP contribution in [0.5, 0.6) is 0 Å². The Kier molecular flexibility index (Phi) is 3.31. The number of hydrogen-bond acceptors (Lipinski definition) is 4. The van der Waals surface area contributed by atoms with Gasteiger partial charge >= 0.3 is 0 Å². The van der Waals surface area contributed by atoms with Crippen LogP contribution in [0.4, 0.5) is 5.69 Å². The molecule has 7 heteroatoms. The number of nitrogens with one attached hydrogen (secondary N) is 1. The zero-order valence-corrected chi connectivity index (χ0v) is 12.2. The Labute approximate surface area is 125 Å². The van der Waals surface area contributed by atoms with Gasteiger partial charge in [-0.25, -0.2) is 15.0 Å². The Hall–Kier alpha value is -2.47. The van der Waals surface area contributed by atoms with E-state index in [0.717, 1.165) is 16.9 Å². The molecule has 0 aliphatic carbocycles. The summed E-state index contributed by atoms with van der Waals surface area (Å²) in [6, 6.07) is 5.68. The van der Waals surface area contributed by atoms with Crippen LogP contribution in [0.1, 0.15) is 12.5 Å². The molecule has 0 aliphatic heterocycles. The van der Waals surface area contributed by atoms with Crippen LogP contribution in [0.25, 0.3) is 16.9 Å². The van der Waals surface area contributed by atoms with Crippen molar-refractivity contribution in [2.24, 2.45) is 0 Å². The van der Waals surface area contributed by atoms with Gasteiger partial charge in [0.25, 0.3) is 0 Å². The molecule has 0 atom stereocenters. The highest BCUT2D eigenvalue weighted by molar-refractivity contribution is 6.33. The van der Waals surface area contributed by atoms with Crippen molar-refractivity contribution in [3.8, 4) is 5.69 Å². The SMILES string of the molecule is CC(=O)Nc1ccc(-n2cnc3c(Cl)ncnc32)cc1C. The number of amides is 1. The van der Waals surface area contributed by atoms with Gasteiger partial charge in [0, 0.05) is 18.3 Å². The Morgan fingerprint density at radius 2 is 2.10 bits per heavy atom. The fourth-order valence-electron chi connectivity index (χ4n) is 2.12. The first-order valence-electron chi connectivity index (χ1n) is 6.28. The first-order chi connectivity index (χ1) is 10.1. The number of aryl methyl sites for hydroxylation is 1. The lowest BCUT2D eigenvalue weighted by Gasteiger charge is -2.09. The molecule has 0 aliphatic rings. The summed E-state index contributed by atoms with van der Waals surface area (Å²) in [5.74, 6) is -0.0987. The standard InChI is InChI=1S/C14H12ClN5O/c1-8-5-10(3-4-11(8)19-9(2)21)20-7-18-12-13(15)16-6-17-14(12)20/h3-7H,1-2H3,(H,19,21). The predicted octanol–water partition coefficient (Wildman–Crippen LogP) is 2.74. The lowest BCUT2D eigenvalue weighted by molar-refractivity contribution is -0.114. The number of fused-ring (bicyclic) bond motifs is 1. The van der Waals surface area contributed by atoms with Crippen LogP contribution < -0.4 is 5.32 Å². The second-order valence-corrected chi connectivity index (χ2v) is 4.99. The number of imidazole rings is 1. The van der Waals surface area contributed by atoms with Crippen LogP contribution in [0.3, 0.4) is 0 Å². The Morgan fingerprint density at radius 3 is 2.81 bits per heavy atom. The van der Waals surface area contributed by atoms with Crippen LogP contribution in [0, 0.1) is 6.92 Å². The average Bonchev–Trinajstić information content (AvgIpc) is 2.86. The minimum atomic E-state index is -0.0987. The minimum Gasteiger partial charge on any atom is -0.326 e. The van der Waals surface area contributed by atoms with Gasteiger partial charge in [0.05, 0.1) is 0 Å². The summed E-state index contributed by atoms with van der Waals surface area (Å²) in [7, 11) is 0. The molecule has 106 valence electrons. The van der Waals surface area contributed by atoms with Gasteiger partial charge in [0.2, 0.25) is 5.91 Å². The topological polar surface area (TPSA) is 72.7 Å². The van der Waals surface area contributed by atoms with Crippen molar-refractivity contribution in [2.75, 3.05) is 5.32 Å². The van der Waals surface area contributed by atoms with E-state index in [1.807, 2.05) is 29.7 Å². The fourth-order valence-corrected chi connectivity index (χ4v) is 2.30. The summed E-state index contributed by atoms with van der Waals surface area (Å²) < 4.78 is 1.83. The lowest BCUT2D eigenvalue weighted by atomic mass is 10.1. The largest absolute Gasteiger partial charge is 0.326 e. The summed E-state index contributed by atoms with van der Waals surface area (Å²) >= 11 is 6.00. The maximum atomic E-state index is 11.1. The number of aromatic nitrogens is 4. The molecule has 0 unspecified atom stereocenters. The van der Waals surface area contributed by atoms with E-state index in [-0.39, 0.29) is 5.91 Å². The van der Waals surface area contributed by atoms with E-state index in [0.29, 0.717) is 16.3 Å². The zero-order valence-electron chi connectivity index (χ0n) is 11.5. The van der Waals surface area contributed by atoms with Crippen molar-refractivity contribution in [1.29, 1.82) is 0 Å². The molecule has 21 heavy (non-hydrogen) atoms. The zero-order chi connectivity index (χ0) is 15.0. The van der Waals surface area contributed by atoms with Gasteiger partial charge in [-0.15, -0.1) is 0 Å². The normalized spacial score (nSPS) is 10.8. The second-order valence-electron chi connectivity index (χ2n) is 4.63. The molecule has 6 nitrogen and oxygen atoms in total. The third-order valence-corrected chi connectivity index (χ3v) is 3.36. The maximum Gasteiger partial charge on any atom is 0.221 e. The van der Waals surface area contributed by atoms with Gasteiger partial charge in [-0.1, -0.05) is 11.6 Å². The lowest BCUT2D eigenvalue weighted by Crippen LogP contribution is -2.07. The van der Waals surface area contributed by atoms with Crippen molar-refractivity contribution in [2.45, 2.75) is 13.8 Å². The average molecular weight is 302 g/mol. The Balaban J connectivity index is 2.09.